The summed E-state index contributed by atoms with van der Waals surface area (Å²) >= 11 is 0. The van der Waals surface area contributed by atoms with Crippen molar-refractivity contribution in [2.24, 2.45) is 5.73 Å². The molecule has 0 radical (unpaired) electrons. The highest BCUT2D eigenvalue weighted by Gasteiger charge is 2.52. The van der Waals surface area contributed by atoms with Crippen molar-refractivity contribution in [2.45, 2.75) is 31.2 Å². The van der Waals surface area contributed by atoms with Crippen molar-refractivity contribution in [1.82, 2.24) is 4.90 Å². The molecule has 0 bridgehead atoms. The normalized spacial score (nSPS) is 20.7. The molecule has 168 valence electrons. The molecule has 3 N–H and O–H groups in total. The minimum absolute atomic E-state index is 0.0772. The van der Waals surface area contributed by atoms with Crippen molar-refractivity contribution < 1.29 is 18.4 Å². The van der Waals surface area contributed by atoms with Crippen LogP contribution in [0.3, 0.4) is 0 Å². The van der Waals surface area contributed by atoms with Crippen LogP contribution in [0.5, 0.6) is 0 Å². The molecule has 0 unspecified atom stereocenters. The first-order chi connectivity index (χ1) is 15.8. The highest BCUT2D eigenvalue weighted by molar-refractivity contribution is 6.17. The van der Waals surface area contributed by atoms with Crippen LogP contribution in [-0.4, -0.2) is 35.6 Å². The number of hydrogen-bond acceptors (Lipinski definition) is 4. The van der Waals surface area contributed by atoms with Crippen LogP contribution in [0.2, 0.25) is 0 Å². The molecular weight excluding hydrogens is 426 g/mol. The van der Waals surface area contributed by atoms with Gasteiger partial charge in [0.1, 0.15) is 5.69 Å². The summed E-state index contributed by atoms with van der Waals surface area (Å²) in [6, 6.07) is 10.1. The van der Waals surface area contributed by atoms with Crippen molar-refractivity contribution in [3.8, 4) is 11.8 Å². The second-order valence-corrected chi connectivity index (χ2v) is 8.12. The largest absolute Gasteiger partial charge is 0.402 e. The highest BCUT2D eigenvalue weighted by atomic mass is 19.1. The van der Waals surface area contributed by atoms with E-state index in [1.54, 1.807) is 24.3 Å². The third-order valence-electron chi connectivity index (χ3n) is 6.21. The lowest BCUT2D eigenvalue weighted by molar-refractivity contribution is -0.121. The van der Waals surface area contributed by atoms with E-state index in [9.17, 15) is 18.4 Å². The molecule has 1 fully saturated rings. The van der Waals surface area contributed by atoms with Gasteiger partial charge >= 0.3 is 6.03 Å². The van der Waals surface area contributed by atoms with Crippen molar-refractivity contribution in [3.63, 3.8) is 0 Å². The number of carbonyl (C=O) groups excluding carboxylic acids is 2. The quantitative estimate of drug-likeness (QED) is 0.539. The molecule has 2 aromatic rings. The maximum Gasteiger partial charge on any atom is 0.332 e. The predicted octanol–water partition coefficient (Wildman–Crippen LogP) is 3.94. The Balaban J connectivity index is 1.70. The molecule has 1 aliphatic carbocycles. The standard InChI is InChI=1S/C25H22F2N4O2/c1-30-24(33)31(22(32)14-25(30)11-5-8-21(29)18(25)15-28)23-19(26)12-17(13-20(23)27)10-9-16-6-3-2-4-7-16/h2-4,6-7,12-13,15,28H,5,8,11,14,29H2,1H3/t25-/m0/s1. The molecule has 8 heteroatoms. The number of anilines is 1. The minimum atomic E-state index is -1.09. The Labute approximate surface area is 190 Å². The molecule has 1 atom stereocenters. The van der Waals surface area contributed by atoms with E-state index in [0.717, 1.165) is 18.3 Å². The summed E-state index contributed by atoms with van der Waals surface area (Å²) in [7, 11) is 1.46. The van der Waals surface area contributed by atoms with Gasteiger partial charge in [0.2, 0.25) is 5.91 Å². The highest BCUT2D eigenvalue weighted by Crippen LogP contribution is 2.43. The topological polar surface area (TPSA) is 90.5 Å². The van der Waals surface area contributed by atoms with Gasteiger partial charge in [0.15, 0.2) is 11.6 Å². The second kappa shape index (κ2) is 8.51. The van der Waals surface area contributed by atoms with Crippen LogP contribution in [0.25, 0.3) is 0 Å². The number of rotatable bonds is 2. The summed E-state index contributed by atoms with van der Waals surface area (Å²) in [5.41, 5.74) is 5.82. The number of urea groups is 1. The Hall–Kier alpha value is -3.99. The average molecular weight is 448 g/mol. The van der Waals surface area contributed by atoms with Gasteiger partial charge in [-0.15, -0.1) is 0 Å². The van der Waals surface area contributed by atoms with E-state index in [2.05, 4.69) is 11.8 Å². The third kappa shape index (κ3) is 3.76. The summed E-state index contributed by atoms with van der Waals surface area (Å²) in [4.78, 5) is 28.1. The third-order valence-corrected chi connectivity index (χ3v) is 6.21. The fourth-order valence-corrected chi connectivity index (χ4v) is 4.52. The summed E-state index contributed by atoms with van der Waals surface area (Å²) in [6.45, 7) is 0. The van der Waals surface area contributed by atoms with Gasteiger partial charge in [0.25, 0.3) is 0 Å². The van der Waals surface area contributed by atoms with Crippen LogP contribution >= 0.6 is 0 Å². The first-order valence-electron chi connectivity index (χ1n) is 10.4. The number of nitrogens with one attached hydrogen (secondary N) is 1. The minimum Gasteiger partial charge on any atom is -0.402 e. The fraction of sp³-hybridized carbons (Fsp3) is 0.240. The Morgan fingerprint density at radius 1 is 1.09 bits per heavy atom. The Morgan fingerprint density at radius 3 is 2.36 bits per heavy atom. The average Bonchev–Trinajstić information content (AvgIpc) is 2.79. The molecule has 1 heterocycles. The van der Waals surface area contributed by atoms with Gasteiger partial charge in [0.05, 0.1) is 12.0 Å². The zero-order valence-corrected chi connectivity index (χ0v) is 18.0. The molecule has 3 amide bonds. The van der Waals surface area contributed by atoms with Crippen molar-refractivity contribution in [1.29, 1.82) is 5.41 Å². The summed E-state index contributed by atoms with van der Waals surface area (Å²) in [6.07, 6.45) is 2.45. The van der Waals surface area contributed by atoms with Crippen molar-refractivity contribution >= 4 is 23.8 Å². The number of allylic oxidation sites excluding steroid dienone is 1. The summed E-state index contributed by atoms with van der Waals surface area (Å²) in [5, 5.41) is 7.76. The molecular formula is C25H22F2N4O2. The molecule has 1 aliphatic heterocycles. The van der Waals surface area contributed by atoms with Gasteiger partial charge in [-0.2, -0.15) is 0 Å². The lowest BCUT2D eigenvalue weighted by Gasteiger charge is -2.50. The molecule has 33 heavy (non-hydrogen) atoms. The van der Waals surface area contributed by atoms with E-state index >= 15 is 0 Å². The lowest BCUT2D eigenvalue weighted by Crippen LogP contribution is -2.64. The van der Waals surface area contributed by atoms with E-state index in [1.807, 2.05) is 6.07 Å². The van der Waals surface area contributed by atoms with E-state index in [1.165, 1.54) is 11.9 Å². The number of halogens is 2. The zero-order chi connectivity index (χ0) is 23.8. The van der Waals surface area contributed by atoms with E-state index in [0.29, 0.717) is 41.0 Å². The maximum atomic E-state index is 15.0. The Morgan fingerprint density at radius 2 is 1.73 bits per heavy atom. The monoisotopic (exact) mass is 448 g/mol. The number of likely N-dealkylation sites (N-methyl/N-ethyl adjacent to an activating group) is 1. The van der Waals surface area contributed by atoms with Crippen LogP contribution in [0.1, 0.15) is 36.8 Å². The van der Waals surface area contributed by atoms with Crippen LogP contribution in [-0.2, 0) is 4.79 Å². The molecule has 1 saturated heterocycles. The van der Waals surface area contributed by atoms with E-state index in [4.69, 9.17) is 11.1 Å². The fourth-order valence-electron chi connectivity index (χ4n) is 4.52. The van der Waals surface area contributed by atoms with Gasteiger partial charge in [0, 0.05) is 35.7 Å². The van der Waals surface area contributed by atoms with Gasteiger partial charge in [-0.3, -0.25) is 4.79 Å². The number of hydrogen-bond donors (Lipinski definition) is 2. The van der Waals surface area contributed by atoms with Gasteiger partial charge in [-0.25, -0.2) is 18.5 Å². The number of amides is 3. The zero-order valence-electron chi connectivity index (χ0n) is 18.0. The van der Waals surface area contributed by atoms with Crippen LogP contribution in [0.15, 0.2) is 53.7 Å². The molecule has 0 aromatic heterocycles. The number of nitrogens with two attached hydrogens (primary N) is 1. The summed E-state index contributed by atoms with van der Waals surface area (Å²) < 4.78 is 30.0. The van der Waals surface area contributed by atoms with Gasteiger partial charge in [-0.1, -0.05) is 30.0 Å². The Bertz CT molecular complexity index is 1220. The summed E-state index contributed by atoms with van der Waals surface area (Å²) in [5.74, 6) is 2.62. The van der Waals surface area contributed by atoms with Crippen LogP contribution in [0, 0.1) is 28.9 Å². The predicted molar refractivity (Wildman–Crippen MR) is 121 cm³/mol. The number of carbonyl (C=O) groups is 2. The van der Waals surface area contributed by atoms with Gasteiger partial charge in [-0.05, 0) is 43.5 Å². The number of nitrogens with zero attached hydrogens (tertiary/aromatic N) is 2. The van der Waals surface area contributed by atoms with Crippen LogP contribution in [0.4, 0.5) is 19.3 Å². The van der Waals surface area contributed by atoms with E-state index in [-0.39, 0.29) is 12.0 Å². The molecule has 0 saturated carbocycles. The second-order valence-electron chi connectivity index (χ2n) is 8.12. The van der Waals surface area contributed by atoms with Crippen molar-refractivity contribution in [2.75, 3.05) is 11.9 Å². The van der Waals surface area contributed by atoms with Crippen molar-refractivity contribution in [3.05, 3.63) is 76.5 Å². The first kappa shape index (κ1) is 22.2. The molecule has 2 aromatic carbocycles. The van der Waals surface area contributed by atoms with Gasteiger partial charge < -0.3 is 16.0 Å². The first-order valence-corrected chi connectivity index (χ1v) is 10.4. The van der Waals surface area contributed by atoms with E-state index < -0.39 is 34.8 Å². The Kier molecular flexibility index (Phi) is 5.73. The smallest absolute Gasteiger partial charge is 0.332 e. The SMILES string of the molecule is CN1C(=O)N(c2c(F)cc(C#Cc3ccccc3)cc2F)C(=O)C[C@]12CCCC(N)=C2C=N. The number of imide groups is 1. The molecule has 6 nitrogen and oxygen atoms in total. The lowest BCUT2D eigenvalue weighted by atomic mass is 9.74. The maximum absolute atomic E-state index is 15.0. The van der Waals surface area contributed by atoms with Crippen LogP contribution < -0.4 is 10.6 Å². The number of benzene rings is 2. The molecule has 1 spiro atoms. The molecule has 2 aliphatic rings. The molecule has 4 rings (SSSR count).